The van der Waals surface area contributed by atoms with Gasteiger partial charge in [0.2, 0.25) is 5.91 Å². The molecular weight excluding hydrogens is 285 g/mol. The Kier molecular flexibility index (Phi) is 6.02. The maximum Gasteiger partial charge on any atom is 0.405 e. The first kappa shape index (κ1) is 17.3. The van der Waals surface area contributed by atoms with Gasteiger partial charge < -0.3 is 10.1 Å². The van der Waals surface area contributed by atoms with Crippen LogP contribution in [-0.4, -0.2) is 31.8 Å². The summed E-state index contributed by atoms with van der Waals surface area (Å²) >= 11 is 0. The Morgan fingerprint density at radius 3 is 2.29 bits per heavy atom. The Bertz CT molecular complexity index is 460. The highest BCUT2D eigenvalue weighted by Gasteiger charge is 2.28. The smallest absolute Gasteiger partial charge is 0.405 e. The van der Waals surface area contributed by atoms with Crippen molar-refractivity contribution >= 4 is 5.91 Å². The highest BCUT2D eigenvalue weighted by molar-refractivity contribution is 5.81. The van der Waals surface area contributed by atoms with E-state index >= 15 is 0 Å². The molecule has 0 aliphatic heterocycles. The third kappa shape index (κ3) is 6.03. The minimum Gasteiger partial charge on any atom is -0.497 e. The molecule has 1 aromatic carbocycles. The van der Waals surface area contributed by atoms with E-state index in [1.165, 1.54) is 6.92 Å². The predicted molar refractivity (Wildman–Crippen MR) is 73.1 cm³/mol. The first-order valence-electron chi connectivity index (χ1n) is 6.47. The first-order valence-corrected chi connectivity index (χ1v) is 6.47. The van der Waals surface area contributed by atoms with Crippen LogP contribution in [0.2, 0.25) is 0 Å². The van der Waals surface area contributed by atoms with Crippen molar-refractivity contribution < 1.29 is 22.7 Å². The molecule has 1 aromatic rings. The fourth-order valence-electron chi connectivity index (χ4n) is 1.78. The van der Waals surface area contributed by atoms with Gasteiger partial charge in [0, 0.05) is 6.04 Å². The Morgan fingerprint density at radius 2 is 1.81 bits per heavy atom. The number of nitrogens with one attached hydrogen (secondary N) is 2. The van der Waals surface area contributed by atoms with E-state index in [2.05, 4.69) is 5.32 Å². The highest BCUT2D eigenvalue weighted by Crippen LogP contribution is 2.17. The molecular formula is C14H19F3N2O2. The first-order chi connectivity index (χ1) is 9.73. The van der Waals surface area contributed by atoms with Crippen LogP contribution in [0.25, 0.3) is 0 Å². The summed E-state index contributed by atoms with van der Waals surface area (Å²) in [6.45, 7) is 2.02. The molecule has 1 amide bonds. The molecule has 0 bridgehead atoms. The molecule has 2 N–H and O–H groups in total. The average Bonchev–Trinajstić information content (AvgIpc) is 2.43. The number of rotatable bonds is 6. The zero-order chi connectivity index (χ0) is 16.0. The van der Waals surface area contributed by atoms with E-state index in [1.54, 1.807) is 19.2 Å². The van der Waals surface area contributed by atoms with Crippen LogP contribution in [0.4, 0.5) is 13.2 Å². The Hall–Kier alpha value is -1.76. The second kappa shape index (κ2) is 7.31. The van der Waals surface area contributed by atoms with Crippen molar-refractivity contribution in [3.8, 4) is 5.75 Å². The van der Waals surface area contributed by atoms with Crippen molar-refractivity contribution in [1.29, 1.82) is 0 Å². The summed E-state index contributed by atoms with van der Waals surface area (Å²) in [5.74, 6) is 0.0228. The van der Waals surface area contributed by atoms with E-state index in [1.807, 2.05) is 24.4 Å². The lowest BCUT2D eigenvalue weighted by Crippen LogP contribution is -2.45. The van der Waals surface area contributed by atoms with Gasteiger partial charge in [-0.15, -0.1) is 0 Å². The Balaban J connectivity index is 2.52. The van der Waals surface area contributed by atoms with Gasteiger partial charge in [0.1, 0.15) is 12.3 Å². The van der Waals surface area contributed by atoms with Gasteiger partial charge in [0.05, 0.1) is 13.2 Å². The molecule has 0 heterocycles. The summed E-state index contributed by atoms with van der Waals surface area (Å²) in [6.07, 6.45) is -4.41. The zero-order valence-electron chi connectivity index (χ0n) is 12.1. The minimum atomic E-state index is -4.41. The molecule has 0 aliphatic rings. The van der Waals surface area contributed by atoms with Gasteiger partial charge in [0.15, 0.2) is 0 Å². The third-order valence-corrected chi connectivity index (χ3v) is 2.97. The van der Waals surface area contributed by atoms with Crippen LogP contribution in [0.1, 0.15) is 25.5 Å². The zero-order valence-corrected chi connectivity index (χ0v) is 12.1. The van der Waals surface area contributed by atoms with E-state index < -0.39 is 24.7 Å². The van der Waals surface area contributed by atoms with Crippen molar-refractivity contribution in [1.82, 2.24) is 10.6 Å². The topological polar surface area (TPSA) is 50.4 Å². The molecule has 1 unspecified atom stereocenters. The van der Waals surface area contributed by atoms with Crippen LogP contribution in [-0.2, 0) is 4.79 Å². The van der Waals surface area contributed by atoms with Crippen molar-refractivity contribution in [2.24, 2.45) is 0 Å². The Labute approximate surface area is 121 Å². The molecule has 4 nitrogen and oxygen atoms in total. The predicted octanol–water partition coefficient (Wildman–Crippen LogP) is 2.41. The van der Waals surface area contributed by atoms with Crippen LogP contribution in [0.15, 0.2) is 24.3 Å². The fraction of sp³-hybridized carbons (Fsp3) is 0.500. The molecule has 0 radical (unpaired) electrons. The van der Waals surface area contributed by atoms with E-state index in [4.69, 9.17) is 4.74 Å². The van der Waals surface area contributed by atoms with E-state index in [9.17, 15) is 18.0 Å². The molecule has 118 valence electrons. The maximum atomic E-state index is 12.0. The number of methoxy groups -OCH3 is 1. The average molecular weight is 304 g/mol. The Morgan fingerprint density at radius 1 is 1.24 bits per heavy atom. The third-order valence-electron chi connectivity index (χ3n) is 2.97. The number of carbonyl (C=O) groups is 1. The van der Waals surface area contributed by atoms with E-state index in [-0.39, 0.29) is 6.04 Å². The molecule has 0 aliphatic carbocycles. The number of alkyl halides is 3. The lowest BCUT2D eigenvalue weighted by atomic mass is 10.1. The number of hydrogen-bond donors (Lipinski definition) is 2. The standard InChI is InChI=1S/C14H19F3N2O2/c1-9(11-4-6-12(21-3)7-5-11)19-10(2)13(20)18-8-14(15,16)17/h4-7,9-10,19H,8H2,1-3H3,(H,18,20)/t9-,10?/m1/s1. The quantitative estimate of drug-likeness (QED) is 0.848. The summed E-state index contributed by atoms with van der Waals surface area (Å²) < 4.78 is 41.1. The number of ether oxygens (including phenoxy) is 1. The number of carbonyl (C=O) groups excluding carboxylic acids is 1. The number of amides is 1. The van der Waals surface area contributed by atoms with Crippen LogP contribution in [0, 0.1) is 0 Å². The molecule has 0 spiro atoms. The van der Waals surface area contributed by atoms with E-state index in [0.29, 0.717) is 5.75 Å². The lowest BCUT2D eigenvalue weighted by Gasteiger charge is -2.20. The van der Waals surface area contributed by atoms with Crippen LogP contribution in [0.3, 0.4) is 0 Å². The van der Waals surface area contributed by atoms with Gasteiger partial charge in [-0.1, -0.05) is 12.1 Å². The van der Waals surface area contributed by atoms with E-state index in [0.717, 1.165) is 5.56 Å². The molecule has 21 heavy (non-hydrogen) atoms. The van der Waals surface area contributed by atoms with Gasteiger partial charge in [-0.3, -0.25) is 10.1 Å². The second-order valence-electron chi connectivity index (χ2n) is 4.72. The molecule has 0 saturated carbocycles. The molecule has 1 rings (SSSR count). The van der Waals surface area contributed by atoms with Gasteiger partial charge in [-0.2, -0.15) is 13.2 Å². The second-order valence-corrected chi connectivity index (χ2v) is 4.72. The van der Waals surface area contributed by atoms with Crippen molar-refractivity contribution in [2.45, 2.75) is 32.1 Å². The van der Waals surface area contributed by atoms with Crippen LogP contribution < -0.4 is 15.4 Å². The van der Waals surface area contributed by atoms with Crippen LogP contribution in [0.5, 0.6) is 5.75 Å². The number of benzene rings is 1. The lowest BCUT2D eigenvalue weighted by molar-refractivity contribution is -0.139. The summed E-state index contributed by atoms with van der Waals surface area (Å²) in [6, 6.07) is 6.31. The molecule has 0 fully saturated rings. The molecule has 0 saturated heterocycles. The van der Waals surface area contributed by atoms with Crippen molar-refractivity contribution in [3.05, 3.63) is 29.8 Å². The molecule has 0 aromatic heterocycles. The van der Waals surface area contributed by atoms with Gasteiger partial charge in [-0.05, 0) is 31.5 Å². The summed E-state index contributed by atoms with van der Waals surface area (Å²) in [7, 11) is 1.56. The molecule has 2 atom stereocenters. The van der Waals surface area contributed by atoms with Crippen molar-refractivity contribution in [3.63, 3.8) is 0 Å². The maximum absolute atomic E-state index is 12.0. The monoisotopic (exact) mass is 304 g/mol. The van der Waals surface area contributed by atoms with Gasteiger partial charge >= 0.3 is 6.18 Å². The number of halogens is 3. The largest absolute Gasteiger partial charge is 0.497 e. The number of hydrogen-bond acceptors (Lipinski definition) is 3. The van der Waals surface area contributed by atoms with Gasteiger partial charge in [0.25, 0.3) is 0 Å². The summed E-state index contributed by atoms with van der Waals surface area (Å²) in [4.78, 5) is 11.6. The fourth-order valence-corrected chi connectivity index (χ4v) is 1.78. The SMILES string of the molecule is COc1ccc([C@@H](C)NC(C)C(=O)NCC(F)(F)F)cc1. The molecule has 7 heteroatoms. The summed E-state index contributed by atoms with van der Waals surface area (Å²) in [5, 5.41) is 4.80. The van der Waals surface area contributed by atoms with Crippen molar-refractivity contribution in [2.75, 3.05) is 13.7 Å². The van der Waals surface area contributed by atoms with Gasteiger partial charge in [-0.25, -0.2) is 0 Å². The highest BCUT2D eigenvalue weighted by atomic mass is 19.4. The van der Waals surface area contributed by atoms with Crippen LogP contribution >= 0.6 is 0 Å². The summed E-state index contributed by atoms with van der Waals surface area (Å²) in [5.41, 5.74) is 0.909. The normalized spacial score (nSPS) is 14.4. The minimum absolute atomic E-state index is 0.178.